The fourth-order valence-electron chi connectivity index (χ4n) is 2.93. The molecule has 0 aromatic carbocycles. The molecule has 4 heteroatoms. The van der Waals surface area contributed by atoms with Gasteiger partial charge in [-0.05, 0) is 0 Å². The van der Waals surface area contributed by atoms with E-state index in [1.165, 1.54) is 25.7 Å². The van der Waals surface area contributed by atoms with Crippen molar-refractivity contribution in [2.75, 3.05) is 0 Å². The van der Waals surface area contributed by atoms with Gasteiger partial charge in [0.05, 0.1) is 8.07 Å². The molecule has 0 bridgehead atoms. The van der Waals surface area contributed by atoms with Gasteiger partial charge in [-0.1, -0.05) is 44.3 Å². The van der Waals surface area contributed by atoms with Crippen molar-refractivity contribution >= 4 is 8.07 Å². The minimum Gasteiger partial charge on any atom is -1.00 e. The molecule has 0 spiro atoms. The Bertz CT molecular complexity index is 372. The van der Waals surface area contributed by atoms with Crippen molar-refractivity contribution in [3.8, 4) is 0 Å². The van der Waals surface area contributed by atoms with Crippen molar-refractivity contribution in [2.24, 2.45) is 0 Å². The van der Waals surface area contributed by atoms with Crippen molar-refractivity contribution < 1.29 is 50.7 Å². The Hall–Kier alpha value is 0.627. The van der Waals surface area contributed by atoms with E-state index in [4.69, 9.17) is 0 Å². The van der Waals surface area contributed by atoms with Crippen LogP contribution in [-0.2, 0) is 25.8 Å². The predicted molar refractivity (Wildman–Crippen MR) is 81.8 cm³/mol. The van der Waals surface area contributed by atoms with E-state index >= 15 is 0 Å². The van der Waals surface area contributed by atoms with E-state index in [1.807, 2.05) is 12.2 Å². The molecular weight excluding hydrogens is 482 g/mol. The molecule has 0 amide bonds. The van der Waals surface area contributed by atoms with Crippen LogP contribution in [0.4, 0.5) is 0 Å². The van der Waals surface area contributed by atoms with Crippen LogP contribution < -0.4 is 24.8 Å². The fraction of sp³-hybridized carbons (Fsp3) is 0.529. The minimum atomic E-state index is -0.888. The van der Waals surface area contributed by atoms with E-state index in [0.29, 0.717) is 0 Å². The van der Waals surface area contributed by atoms with Gasteiger partial charge in [-0.2, -0.15) is 11.3 Å². The van der Waals surface area contributed by atoms with Crippen LogP contribution >= 0.6 is 0 Å². The van der Waals surface area contributed by atoms with Crippen LogP contribution in [0.1, 0.15) is 39.0 Å². The van der Waals surface area contributed by atoms with Gasteiger partial charge in [0, 0.05) is 0 Å². The summed E-state index contributed by atoms with van der Waals surface area (Å²) in [6, 6.07) is 4.68. The molecule has 0 atom stereocenters. The van der Waals surface area contributed by atoms with Gasteiger partial charge >= 0.3 is 25.8 Å². The molecule has 0 saturated carbocycles. The summed E-state index contributed by atoms with van der Waals surface area (Å²) in [6.45, 7) is 2.31. The van der Waals surface area contributed by atoms with E-state index in [0.717, 1.165) is 6.42 Å². The molecule has 3 aliphatic rings. The van der Waals surface area contributed by atoms with Gasteiger partial charge in [-0.3, -0.25) is 12.2 Å². The molecule has 21 heavy (non-hydrogen) atoms. The average Bonchev–Trinajstić information content (AvgIpc) is 3.04. The van der Waals surface area contributed by atoms with Gasteiger partial charge < -0.3 is 24.8 Å². The first-order valence-corrected chi connectivity index (χ1v) is 9.99. The summed E-state index contributed by atoms with van der Waals surface area (Å²) < 4.78 is 0. The van der Waals surface area contributed by atoms with Crippen LogP contribution in [0.2, 0.25) is 18.1 Å². The van der Waals surface area contributed by atoms with E-state index in [-0.39, 0.29) is 50.7 Å². The second-order valence-electron chi connectivity index (χ2n) is 5.47. The Morgan fingerprint density at radius 2 is 1.95 bits per heavy atom. The summed E-state index contributed by atoms with van der Waals surface area (Å²) in [5.41, 5.74) is 0. The largest absolute Gasteiger partial charge is 4.00 e. The monoisotopic (exact) mass is 506 g/mol. The minimum absolute atomic E-state index is 0. The SMILES string of the molecule is CCCC[Si]1(C2=[C-]C=CC2)CCC1.[C-]1=CC=CC1.[Cl-].[Cl-].[Hf+4]. The number of rotatable bonds is 4. The van der Waals surface area contributed by atoms with Gasteiger partial charge in [0.2, 0.25) is 0 Å². The van der Waals surface area contributed by atoms with Gasteiger partial charge in [-0.15, -0.1) is 12.8 Å². The van der Waals surface area contributed by atoms with Crippen LogP contribution in [0.25, 0.3) is 0 Å². The van der Waals surface area contributed by atoms with Crippen LogP contribution in [-0.4, -0.2) is 8.07 Å². The molecule has 1 fully saturated rings. The molecule has 0 radical (unpaired) electrons. The molecule has 0 aromatic rings. The van der Waals surface area contributed by atoms with Gasteiger partial charge in [0.25, 0.3) is 0 Å². The summed E-state index contributed by atoms with van der Waals surface area (Å²) in [4.78, 5) is 0. The zero-order valence-corrected chi connectivity index (χ0v) is 18.9. The standard InChI is InChI=1S/C12H19Si.C5H5.2ClH.Hf/c1-2-3-9-13(10-6-11-13)12-7-4-5-8-12;1-2-4-5-3-1;;;/h4-5H,2-3,6-7,9-11H2,1H3;1-3H,4H2;2*1H;/q2*-1;;;+4/p-2. The summed E-state index contributed by atoms with van der Waals surface area (Å²) in [7, 11) is -0.888. The first-order valence-electron chi connectivity index (χ1n) is 7.37. The first kappa shape index (κ1) is 23.9. The van der Waals surface area contributed by atoms with Crippen LogP contribution in [0.15, 0.2) is 35.6 Å². The normalized spacial score (nSPS) is 19.2. The molecule has 2 aliphatic carbocycles. The summed E-state index contributed by atoms with van der Waals surface area (Å²) in [5.74, 6) is 0. The van der Waals surface area contributed by atoms with Crippen molar-refractivity contribution in [1.82, 2.24) is 0 Å². The average molecular weight is 506 g/mol. The third-order valence-electron chi connectivity index (χ3n) is 4.24. The molecule has 0 unspecified atom stereocenters. The van der Waals surface area contributed by atoms with Crippen LogP contribution in [0.5, 0.6) is 0 Å². The van der Waals surface area contributed by atoms with Crippen molar-refractivity contribution in [3.63, 3.8) is 0 Å². The number of halogens is 2. The predicted octanol–water partition coefficient (Wildman–Crippen LogP) is -0.821. The molecular formula is C17H24Cl2HfSi. The number of allylic oxidation sites excluding steroid dienone is 8. The fourth-order valence-corrected chi connectivity index (χ4v) is 7.51. The van der Waals surface area contributed by atoms with E-state index in [2.05, 4.69) is 37.3 Å². The Labute approximate surface area is 162 Å². The second kappa shape index (κ2) is 13.1. The molecule has 0 N–H and O–H groups in total. The Morgan fingerprint density at radius 1 is 1.19 bits per heavy atom. The van der Waals surface area contributed by atoms with E-state index < -0.39 is 8.07 Å². The summed E-state index contributed by atoms with van der Waals surface area (Å²) >= 11 is 0. The number of unbranched alkanes of at least 4 members (excludes halogenated alkanes) is 1. The Morgan fingerprint density at radius 3 is 2.29 bits per heavy atom. The maximum Gasteiger partial charge on any atom is 4.00 e. The third kappa shape index (κ3) is 7.15. The van der Waals surface area contributed by atoms with Gasteiger partial charge in [0.15, 0.2) is 0 Å². The molecule has 1 aliphatic heterocycles. The zero-order valence-electron chi connectivity index (χ0n) is 12.8. The topological polar surface area (TPSA) is 0 Å². The van der Waals surface area contributed by atoms with E-state index in [1.54, 1.807) is 23.3 Å². The smallest absolute Gasteiger partial charge is 1.00 e. The van der Waals surface area contributed by atoms with Crippen LogP contribution in [0, 0.1) is 12.2 Å². The maximum absolute atomic E-state index is 3.51. The van der Waals surface area contributed by atoms with Crippen molar-refractivity contribution in [2.45, 2.75) is 57.2 Å². The maximum atomic E-state index is 3.51. The van der Waals surface area contributed by atoms with Crippen LogP contribution in [0.3, 0.4) is 0 Å². The van der Waals surface area contributed by atoms with Crippen molar-refractivity contribution in [1.29, 1.82) is 0 Å². The summed E-state index contributed by atoms with van der Waals surface area (Å²) in [5, 5.41) is 1.74. The summed E-state index contributed by atoms with van der Waals surface area (Å²) in [6.07, 6.45) is 23.5. The Balaban J connectivity index is 0. The van der Waals surface area contributed by atoms with Crippen molar-refractivity contribution in [3.05, 3.63) is 47.7 Å². The zero-order chi connectivity index (χ0) is 12.7. The quantitative estimate of drug-likeness (QED) is 0.346. The third-order valence-corrected chi connectivity index (χ3v) is 9.80. The first-order chi connectivity index (χ1) is 8.87. The molecule has 0 aromatic heterocycles. The second-order valence-corrected chi connectivity index (χ2v) is 10.1. The van der Waals surface area contributed by atoms with Gasteiger partial charge in [-0.25, -0.2) is 24.3 Å². The van der Waals surface area contributed by atoms with E-state index in [9.17, 15) is 0 Å². The molecule has 3 rings (SSSR count). The molecule has 114 valence electrons. The molecule has 1 heterocycles. The molecule has 1 saturated heterocycles. The number of hydrogen-bond donors (Lipinski definition) is 0. The van der Waals surface area contributed by atoms with Gasteiger partial charge in [0.1, 0.15) is 0 Å². The Kier molecular flexibility index (Phi) is 14.9. The number of hydrogen-bond acceptors (Lipinski definition) is 0. The molecule has 0 nitrogen and oxygen atoms in total.